The summed E-state index contributed by atoms with van der Waals surface area (Å²) in [6.07, 6.45) is 8.21. The van der Waals surface area contributed by atoms with Gasteiger partial charge in [-0.25, -0.2) is 4.79 Å². The predicted molar refractivity (Wildman–Crippen MR) is 238 cm³/mol. The summed E-state index contributed by atoms with van der Waals surface area (Å²) in [5, 5.41) is 55.7. The van der Waals surface area contributed by atoms with E-state index in [1.165, 1.54) is 11.0 Å². The van der Waals surface area contributed by atoms with Crippen LogP contribution in [0.5, 0.6) is 23.0 Å². The van der Waals surface area contributed by atoms with E-state index >= 15 is 0 Å². The molecule has 4 aliphatic carbocycles. The van der Waals surface area contributed by atoms with Gasteiger partial charge < -0.3 is 44.8 Å². The number of ether oxygens (including phenoxy) is 2. The maximum absolute atomic E-state index is 14.1. The van der Waals surface area contributed by atoms with Crippen molar-refractivity contribution >= 4 is 17.8 Å². The number of phenols is 2. The average molecular weight is 883 g/mol. The lowest BCUT2D eigenvalue weighted by Crippen LogP contribution is -2.66. The molecule has 2 aromatic rings. The van der Waals surface area contributed by atoms with E-state index < -0.39 is 35.2 Å². The van der Waals surface area contributed by atoms with Crippen LogP contribution in [0.3, 0.4) is 0 Å². The molecule has 4 heterocycles. The van der Waals surface area contributed by atoms with Crippen molar-refractivity contribution in [2.24, 2.45) is 45.3 Å². The van der Waals surface area contributed by atoms with Crippen molar-refractivity contribution in [2.45, 2.75) is 181 Å². The number of aromatic hydroxyl groups is 2. The van der Waals surface area contributed by atoms with Gasteiger partial charge in [0.25, 0.3) is 11.8 Å². The molecule has 4 fully saturated rings. The third-order valence-corrected chi connectivity index (χ3v) is 20.1. The molecule has 348 valence electrons. The number of nitrogens with zero attached hydrogens (tertiary/aromatic N) is 2. The van der Waals surface area contributed by atoms with E-state index in [4.69, 9.17) is 9.47 Å². The highest BCUT2D eigenvalue weighted by atomic mass is 16.5. The lowest BCUT2D eigenvalue weighted by molar-refractivity contribution is -0.210. The fourth-order valence-electron chi connectivity index (χ4n) is 16.1. The Hall–Kier alpha value is -4.03. The van der Waals surface area contributed by atoms with E-state index in [-0.39, 0.29) is 87.4 Å². The fraction of sp³-hybridized carbons (Fsp3) is 0.712. The largest absolute Gasteiger partial charge is 0.508 e. The molecule has 64 heavy (non-hydrogen) atoms. The number of aliphatic hydroxyl groups is 2. The lowest BCUT2D eigenvalue weighted by atomic mass is 9.43. The standard InChI is InChI=1S/C52H70N2O10/c1-27-12-14-38-47(3,4)40(57)16-18-49(38,7)51(27)23-31-36(55)21-29-33(42(31)63-51)25-53(44(29)59)20-10-9-11-35(46(61)62)54-26-34-30(45(54)60)22-37(56)32-24-52(64-43(32)34)28(2)13-15-39-48(5,6)41(58)17-19-50(39,52)8/h21-22,27-28,35,38-41,55-58H,9-20,23-26H2,1-8H3,(H,61,62)/t27-,28-,35+,38+,39+,40-,41-,49+,50+,51-,52-/m1/s1. The van der Waals surface area contributed by atoms with Gasteiger partial charge in [0.05, 0.1) is 36.4 Å². The zero-order valence-corrected chi connectivity index (χ0v) is 39.2. The number of hydrogen-bond donors (Lipinski definition) is 5. The van der Waals surface area contributed by atoms with Gasteiger partial charge in [-0.3, -0.25) is 9.59 Å². The number of carbonyl (C=O) groups excluding carboxylic acids is 2. The number of rotatable bonds is 7. The number of aliphatic hydroxyl groups excluding tert-OH is 2. The Morgan fingerprint density at radius 2 is 1.16 bits per heavy atom. The van der Waals surface area contributed by atoms with Crippen LogP contribution in [0.15, 0.2) is 12.1 Å². The first-order valence-electron chi connectivity index (χ1n) is 24.4. The number of carbonyl (C=O) groups is 3. The quantitative estimate of drug-likeness (QED) is 0.171. The Morgan fingerprint density at radius 3 is 1.64 bits per heavy atom. The Kier molecular flexibility index (Phi) is 9.75. The number of carboxylic acid groups (broad SMARTS) is 1. The fourth-order valence-corrected chi connectivity index (χ4v) is 16.1. The van der Waals surface area contributed by atoms with Crippen molar-refractivity contribution in [3.63, 3.8) is 0 Å². The van der Waals surface area contributed by atoms with Crippen LogP contribution in [0.1, 0.15) is 169 Å². The monoisotopic (exact) mass is 883 g/mol. The molecule has 8 aliphatic rings. The summed E-state index contributed by atoms with van der Waals surface area (Å²) in [5.41, 5.74) is 1.24. The van der Waals surface area contributed by atoms with Crippen LogP contribution in [0.2, 0.25) is 0 Å². The van der Waals surface area contributed by atoms with Gasteiger partial charge in [0.15, 0.2) is 0 Å². The summed E-state index contributed by atoms with van der Waals surface area (Å²) in [6.45, 7) is 18.5. The highest BCUT2D eigenvalue weighted by Gasteiger charge is 2.69. The molecule has 0 radical (unpaired) electrons. The number of amides is 2. The van der Waals surface area contributed by atoms with Crippen LogP contribution in [0, 0.1) is 45.3 Å². The third-order valence-electron chi connectivity index (χ3n) is 20.1. The van der Waals surface area contributed by atoms with E-state index in [0.717, 1.165) is 49.7 Å². The number of phenolic OH excluding ortho intramolecular Hbond substituents is 2. The highest BCUT2D eigenvalue weighted by Crippen LogP contribution is 2.69. The number of aliphatic carboxylic acids is 1. The molecule has 12 heteroatoms. The molecule has 0 saturated heterocycles. The van der Waals surface area contributed by atoms with E-state index in [2.05, 4.69) is 55.4 Å². The van der Waals surface area contributed by atoms with Crippen molar-refractivity contribution in [2.75, 3.05) is 6.54 Å². The summed E-state index contributed by atoms with van der Waals surface area (Å²) < 4.78 is 14.4. The summed E-state index contributed by atoms with van der Waals surface area (Å²) >= 11 is 0. The molecule has 2 spiro atoms. The average Bonchev–Trinajstić information content (AvgIpc) is 4.00. The molecule has 2 amide bonds. The number of fused-ring (bicyclic) bond motifs is 10. The first-order valence-corrected chi connectivity index (χ1v) is 24.4. The van der Waals surface area contributed by atoms with Crippen LogP contribution in [0.4, 0.5) is 0 Å². The number of unbranched alkanes of at least 4 members (excludes halogenated alkanes) is 1. The zero-order chi connectivity index (χ0) is 45.8. The Morgan fingerprint density at radius 1 is 0.688 bits per heavy atom. The van der Waals surface area contributed by atoms with Gasteiger partial charge in [-0.05, 0) is 117 Å². The van der Waals surface area contributed by atoms with Gasteiger partial charge >= 0.3 is 5.97 Å². The normalized spacial score (nSPS) is 38.0. The predicted octanol–water partition coefficient (Wildman–Crippen LogP) is 8.15. The Balaban J connectivity index is 0.831. The number of hydrogen-bond acceptors (Lipinski definition) is 9. The van der Waals surface area contributed by atoms with Crippen LogP contribution in [-0.2, 0) is 30.7 Å². The molecule has 11 atom stereocenters. The van der Waals surface area contributed by atoms with Crippen LogP contribution in [-0.4, -0.2) is 89.1 Å². The Bertz CT molecular complexity index is 2340. The van der Waals surface area contributed by atoms with Gasteiger partial charge in [0.2, 0.25) is 0 Å². The van der Waals surface area contributed by atoms with Crippen LogP contribution < -0.4 is 9.47 Å². The van der Waals surface area contributed by atoms with Crippen molar-refractivity contribution in [3.8, 4) is 23.0 Å². The Labute approximate surface area is 377 Å². The van der Waals surface area contributed by atoms with E-state index in [1.54, 1.807) is 11.0 Å². The summed E-state index contributed by atoms with van der Waals surface area (Å²) in [6, 6.07) is 1.99. The van der Waals surface area contributed by atoms with E-state index in [9.17, 15) is 39.9 Å². The minimum absolute atomic E-state index is 0.000884. The molecule has 4 saturated carbocycles. The molecule has 0 unspecified atom stereocenters. The molecule has 2 aromatic carbocycles. The molecule has 10 rings (SSSR count). The van der Waals surface area contributed by atoms with Gasteiger partial charge in [-0.15, -0.1) is 0 Å². The molecule has 0 aromatic heterocycles. The van der Waals surface area contributed by atoms with Crippen molar-refractivity contribution in [1.82, 2.24) is 9.80 Å². The van der Waals surface area contributed by atoms with Gasteiger partial charge in [0, 0.05) is 52.5 Å². The first kappa shape index (κ1) is 43.8. The third kappa shape index (κ3) is 5.62. The number of benzene rings is 2. The second kappa shape index (κ2) is 14.2. The minimum Gasteiger partial charge on any atom is -0.508 e. The zero-order valence-electron chi connectivity index (χ0n) is 39.2. The maximum atomic E-state index is 14.1. The molecule has 5 N–H and O–H groups in total. The molecule has 4 aliphatic heterocycles. The topological polar surface area (TPSA) is 177 Å². The minimum atomic E-state index is -1.12. The van der Waals surface area contributed by atoms with Crippen LogP contribution in [0.25, 0.3) is 0 Å². The van der Waals surface area contributed by atoms with Gasteiger partial charge in [0.1, 0.15) is 40.2 Å². The van der Waals surface area contributed by atoms with E-state index in [0.29, 0.717) is 79.8 Å². The van der Waals surface area contributed by atoms with Gasteiger partial charge in [-0.1, -0.05) is 55.4 Å². The van der Waals surface area contributed by atoms with Crippen molar-refractivity contribution in [1.29, 1.82) is 0 Å². The summed E-state index contributed by atoms with van der Waals surface area (Å²) in [5.74, 6) is 0.284. The first-order chi connectivity index (χ1) is 30.0. The smallest absolute Gasteiger partial charge is 0.326 e. The summed E-state index contributed by atoms with van der Waals surface area (Å²) in [4.78, 5) is 44.2. The second-order valence-electron chi connectivity index (χ2n) is 23.5. The summed E-state index contributed by atoms with van der Waals surface area (Å²) in [7, 11) is 0. The lowest BCUT2D eigenvalue weighted by Gasteiger charge is -2.64. The van der Waals surface area contributed by atoms with Crippen molar-refractivity contribution < 1.29 is 49.4 Å². The molecule has 12 nitrogen and oxygen atoms in total. The molecular formula is C52H70N2O10. The highest BCUT2D eigenvalue weighted by molar-refractivity contribution is 6.02. The van der Waals surface area contributed by atoms with Crippen molar-refractivity contribution in [3.05, 3.63) is 45.5 Å². The SMILES string of the molecule is C[C@@H]1CC[C@H]2C(C)(C)[C@H](O)CC[C@]2(C)[C@@]12Cc1c(O)cc3c(c1O2)CN(CCCC[C@@H](C(=O)O)N1Cc2c(cc(O)c4c2O[C@]2(C4)[C@H](C)CC[C@H]4C(C)(C)[C@H](O)CC[C@@]42C)C1=O)C3=O. The van der Waals surface area contributed by atoms with E-state index in [1.807, 2.05) is 0 Å². The maximum Gasteiger partial charge on any atom is 0.326 e. The second-order valence-corrected chi connectivity index (χ2v) is 23.5. The number of carboxylic acids is 1. The molecule has 0 bridgehead atoms. The van der Waals surface area contributed by atoms with Gasteiger partial charge in [-0.2, -0.15) is 0 Å². The van der Waals surface area contributed by atoms with Crippen LogP contribution >= 0.6 is 0 Å². The molecular weight excluding hydrogens is 813 g/mol.